The highest BCUT2D eigenvalue weighted by atomic mass is 15.3. The highest BCUT2D eigenvalue weighted by Crippen LogP contribution is 1.98. The van der Waals surface area contributed by atoms with Crippen LogP contribution in [0.2, 0.25) is 0 Å². The molecule has 1 aliphatic heterocycles. The molecule has 0 bridgehead atoms. The van der Waals surface area contributed by atoms with E-state index in [4.69, 9.17) is 0 Å². The van der Waals surface area contributed by atoms with Crippen LogP contribution in [0.1, 0.15) is 20.3 Å². The van der Waals surface area contributed by atoms with E-state index in [-0.39, 0.29) is 0 Å². The summed E-state index contributed by atoms with van der Waals surface area (Å²) in [7, 11) is 2.08. The summed E-state index contributed by atoms with van der Waals surface area (Å²) in [6, 6.07) is 0.518. The van der Waals surface area contributed by atoms with Crippen LogP contribution in [-0.2, 0) is 0 Å². The van der Waals surface area contributed by atoms with Crippen LogP contribution in [0, 0.1) is 0 Å². The number of hydrogen-bond acceptors (Lipinski definition) is 3. The Bertz CT molecular complexity index is 153. The van der Waals surface area contributed by atoms with Crippen molar-refractivity contribution in [3.05, 3.63) is 0 Å². The number of guanidine groups is 1. The summed E-state index contributed by atoms with van der Waals surface area (Å²) in [6.45, 7) is 6.33. The van der Waals surface area contributed by atoms with Crippen molar-refractivity contribution in [3.8, 4) is 0 Å². The van der Waals surface area contributed by atoms with Gasteiger partial charge in [-0.05, 0) is 13.3 Å². The van der Waals surface area contributed by atoms with Gasteiger partial charge in [0.25, 0.3) is 0 Å². The molecule has 0 aromatic heterocycles. The molecule has 0 radical (unpaired) electrons. The van der Waals surface area contributed by atoms with Crippen LogP contribution < -0.4 is 5.32 Å². The maximum atomic E-state index is 4.37. The van der Waals surface area contributed by atoms with E-state index >= 15 is 0 Å². The normalized spacial score (nSPS) is 22.8. The first-order valence-corrected chi connectivity index (χ1v) is 4.26. The van der Waals surface area contributed by atoms with Gasteiger partial charge in [0.2, 0.25) is 0 Å². The Labute approximate surface area is 68.5 Å². The van der Waals surface area contributed by atoms with Crippen molar-refractivity contribution >= 4 is 5.96 Å². The SMILES string of the molecule is CCCN(C)C1=NCC(C)N1. The molecule has 3 heteroatoms. The molecule has 0 spiro atoms. The van der Waals surface area contributed by atoms with E-state index in [1.165, 1.54) is 6.42 Å². The summed E-state index contributed by atoms with van der Waals surface area (Å²) in [4.78, 5) is 6.54. The first-order chi connectivity index (χ1) is 5.24. The van der Waals surface area contributed by atoms with Crippen LogP contribution in [-0.4, -0.2) is 37.0 Å². The lowest BCUT2D eigenvalue weighted by Crippen LogP contribution is -2.39. The number of nitrogens with one attached hydrogen (secondary N) is 1. The molecule has 1 atom stereocenters. The van der Waals surface area contributed by atoms with Gasteiger partial charge >= 0.3 is 0 Å². The summed E-state index contributed by atoms with van der Waals surface area (Å²) in [6.07, 6.45) is 1.17. The van der Waals surface area contributed by atoms with E-state index in [1.54, 1.807) is 0 Å². The summed E-state index contributed by atoms with van der Waals surface area (Å²) in [5.74, 6) is 1.05. The minimum Gasteiger partial charge on any atom is -0.352 e. The Kier molecular flexibility index (Phi) is 2.74. The van der Waals surface area contributed by atoms with E-state index in [9.17, 15) is 0 Å². The van der Waals surface area contributed by atoms with Crippen LogP contribution >= 0.6 is 0 Å². The lowest BCUT2D eigenvalue weighted by atomic mass is 10.4. The fourth-order valence-electron chi connectivity index (χ4n) is 1.21. The third-order valence-corrected chi connectivity index (χ3v) is 1.81. The van der Waals surface area contributed by atoms with Crippen LogP contribution in [0.15, 0.2) is 4.99 Å². The summed E-state index contributed by atoms with van der Waals surface area (Å²) in [5, 5.41) is 3.31. The van der Waals surface area contributed by atoms with Gasteiger partial charge in [-0.15, -0.1) is 0 Å². The largest absolute Gasteiger partial charge is 0.352 e. The molecule has 0 aliphatic carbocycles. The predicted octanol–water partition coefficient (Wildman–Crippen LogP) is 0.676. The van der Waals surface area contributed by atoms with Crippen LogP contribution in [0.25, 0.3) is 0 Å². The van der Waals surface area contributed by atoms with Gasteiger partial charge in [0.15, 0.2) is 5.96 Å². The Hall–Kier alpha value is -0.730. The average molecular weight is 155 g/mol. The zero-order valence-electron chi connectivity index (χ0n) is 7.59. The minimum atomic E-state index is 0.518. The maximum Gasteiger partial charge on any atom is 0.194 e. The topological polar surface area (TPSA) is 27.6 Å². The van der Waals surface area contributed by atoms with Gasteiger partial charge in [0, 0.05) is 19.6 Å². The zero-order valence-corrected chi connectivity index (χ0v) is 7.59. The van der Waals surface area contributed by atoms with Crippen molar-refractivity contribution in [1.82, 2.24) is 10.2 Å². The number of aliphatic imine (C=N–C) groups is 1. The molecule has 0 aromatic rings. The molecular weight excluding hydrogens is 138 g/mol. The van der Waals surface area contributed by atoms with Crippen molar-refractivity contribution in [2.75, 3.05) is 20.1 Å². The Morgan fingerprint density at radius 2 is 2.45 bits per heavy atom. The Morgan fingerprint density at radius 1 is 1.73 bits per heavy atom. The van der Waals surface area contributed by atoms with E-state index in [0.717, 1.165) is 19.0 Å². The third kappa shape index (κ3) is 2.10. The molecule has 64 valence electrons. The van der Waals surface area contributed by atoms with Crippen molar-refractivity contribution in [3.63, 3.8) is 0 Å². The van der Waals surface area contributed by atoms with Crippen molar-refractivity contribution < 1.29 is 0 Å². The predicted molar refractivity (Wildman–Crippen MR) is 47.8 cm³/mol. The van der Waals surface area contributed by atoms with E-state index in [2.05, 4.69) is 36.1 Å². The van der Waals surface area contributed by atoms with E-state index < -0.39 is 0 Å². The second kappa shape index (κ2) is 3.60. The summed E-state index contributed by atoms with van der Waals surface area (Å²) in [5.41, 5.74) is 0. The van der Waals surface area contributed by atoms with Gasteiger partial charge in [-0.3, -0.25) is 4.99 Å². The highest BCUT2D eigenvalue weighted by Gasteiger charge is 2.14. The fourth-order valence-corrected chi connectivity index (χ4v) is 1.21. The van der Waals surface area contributed by atoms with E-state index in [0.29, 0.717) is 6.04 Å². The highest BCUT2D eigenvalue weighted by molar-refractivity contribution is 5.81. The molecule has 0 saturated carbocycles. The molecule has 0 amide bonds. The number of nitrogens with zero attached hydrogens (tertiary/aromatic N) is 2. The van der Waals surface area contributed by atoms with Crippen LogP contribution in [0.4, 0.5) is 0 Å². The van der Waals surface area contributed by atoms with Crippen molar-refractivity contribution in [2.24, 2.45) is 4.99 Å². The van der Waals surface area contributed by atoms with E-state index in [1.807, 2.05) is 0 Å². The summed E-state index contributed by atoms with van der Waals surface area (Å²) < 4.78 is 0. The molecule has 1 aliphatic rings. The smallest absolute Gasteiger partial charge is 0.194 e. The molecular formula is C8H17N3. The van der Waals surface area contributed by atoms with Crippen molar-refractivity contribution in [1.29, 1.82) is 0 Å². The second-order valence-corrected chi connectivity index (χ2v) is 3.13. The van der Waals surface area contributed by atoms with Crippen LogP contribution in [0.5, 0.6) is 0 Å². The maximum absolute atomic E-state index is 4.37. The van der Waals surface area contributed by atoms with Gasteiger partial charge in [0.1, 0.15) is 0 Å². The molecule has 0 aromatic carbocycles. The second-order valence-electron chi connectivity index (χ2n) is 3.13. The quantitative estimate of drug-likeness (QED) is 0.635. The average Bonchev–Trinajstić information content (AvgIpc) is 2.36. The first kappa shape index (κ1) is 8.37. The third-order valence-electron chi connectivity index (χ3n) is 1.81. The lowest BCUT2D eigenvalue weighted by molar-refractivity contribution is 0.483. The van der Waals surface area contributed by atoms with Crippen molar-refractivity contribution in [2.45, 2.75) is 26.3 Å². The zero-order chi connectivity index (χ0) is 8.27. The first-order valence-electron chi connectivity index (χ1n) is 4.26. The molecule has 0 saturated heterocycles. The van der Waals surface area contributed by atoms with Gasteiger partial charge in [-0.2, -0.15) is 0 Å². The monoisotopic (exact) mass is 155 g/mol. The van der Waals surface area contributed by atoms with Gasteiger partial charge in [0.05, 0.1) is 6.54 Å². The Morgan fingerprint density at radius 3 is 2.91 bits per heavy atom. The van der Waals surface area contributed by atoms with Gasteiger partial charge in [-0.1, -0.05) is 6.92 Å². The summed E-state index contributed by atoms with van der Waals surface area (Å²) >= 11 is 0. The molecule has 3 nitrogen and oxygen atoms in total. The van der Waals surface area contributed by atoms with Gasteiger partial charge < -0.3 is 10.2 Å². The molecule has 1 unspecified atom stereocenters. The fraction of sp³-hybridized carbons (Fsp3) is 0.875. The molecule has 1 N–H and O–H groups in total. The molecule has 0 fully saturated rings. The lowest BCUT2D eigenvalue weighted by Gasteiger charge is -2.18. The van der Waals surface area contributed by atoms with Crippen LogP contribution in [0.3, 0.4) is 0 Å². The molecule has 1 heterocycles. The number of hydrogen-bond donors (Lipinski definition) is 1. The standard InChI is InChI=1S/C8H17N3/c1-4-5-11(3)8-9-6-7(2)10-8/h7H,4-6H2,1-3H3,(H,9,10). The number of rotatable bonds is 2. The van der Waals surface area contributed by atoms with Gasteiger partial charge in [-0.25, -0.2) is 0 Å². The minimum absolute atomic E-state index is 0.518. The molecule has 11 heavy (non-hydrogen) atoms. The molecule has 1 rings (SSSR count). The Balaban J connectivity index is 2.36.